The Bertz CT molecular complexity index is 853. The first-order valence-corrected chi connectivity index (χ1v) is 11.2. The summed E-state index contributed by atoms with van der Waals surface area (Å²) < 4.78 is 0. The van der Waals surface area contributed by atoms with Gasteiger partial charge in [0.05, 0.1) is 17.9 Å². The minimum atomic E-state index is -0.676. The van der Waals surface area contributed by atoms with Crippen molar-refractivity contribution in [1.29, 1.82) is 0 Å². The molecule has 0 aliphatic carbocycles. The van der Waals surface area contributed by atoms with E-state index in [1.165, 1.54) is 5.56 Å². The van der Waals surface area contributed by atoms with Crippen LogP contribution in [0.15, 0.2) is 60.7 Å². The van der Waals surface area contributed by atoms with Gasteiger partial charge in [-0.2, -0.15) is 0 Å². The monoisotopic (exact) mass is 422 g/mol. The normalized spacial score (nSPS) is 19.6. The van der Waals surface area contributed by atoms with Crippen LogP contribution in [-0.4, -0.2) is 29.8 Å². The van der Waals surface area contributed by atoms with Crippen LogP contribution in [0.4, 0.5) is 0 Å². The molecule has 1 fully saturated rings. The van der Waals surface area contributed by atoms with E-state index in [4.69, 9.17) is 4.84 Å². The number of hydroxylamine groups is 1. The van der Waals surface area contributed by atoms with Crippen molar-refractivity contribution >= 4 is 11.8 Å². The van der Waals surface area contributed by atoms with Crippen LogP contribution >= 0.6 is 0 Å². The van der Waals surface area contributed by atoms with Gasteiger partial charge in [0, 0.05) is 13.1 Å². The Morgan fingerprint density at radius 3 is 2.26 bits per heavy atom. The number of nitrogens with one attached hydrogen (secondary N) is 1. The molecule has 5 nitrogen and oxygen atoms in total. The first-order valence-electron chi connectivity index (χ1n) is 11.2. The number of rotatable bonds is 10. The molecule has 2 unspecified atom stereocenters. The summed E-state index contributed by atoms with van der Waals surface area (Å²) in [6.07, 6.45) is 2.22. The quantitative estimate of drug-likeness (QED) is 0.578. The lowest BCUT2D eigenvalue weighted by Gasteiger charge is -2.34. The van der Waals surface area contributed by atoms with Crippen molar-refractivity contribution in [3.05, 3.63) is 71.8 Å². The van der Waals surface area contributed by atoms with Crippen LogP contribution in [0.25, 0.3) is 0 Å². The number of likely N-dealkylation sites (tertiary alicyclic amines) is 1. The van der Waals surface area contributed by atoms with Crippen molar-refractivity contribution in [3.8, 4) is 0 Å². The highest BCUT2D eigenvalue weighted by molar-refractivity contribution is 5.91. The second-order valence-corrected chi connectivity index (χ2v) is 8.99. The maximum Gasteiger partial charge on any atom is 0.247 e. The highest BCUT2D eigenvalue weighted by Crippen LogP contribution is 2.44. The Morgan fingerprint density at radius 1 is 1.03 bits per heavy atom. The lowest BCUT2D eigenvalue weighted by atomic mass is 9.69. The van der Waals surface area contributed by atoms with E-state index in [-0.39, 0.29) is 11.8 Å². The molecule has 3 rings (SSSR count). The molecule has 0 radical (unpaired) electrons. The fourth-order valence-electron chi connectivity index (χ4n) is 4.58. The molecule has 1 aliphatic heterocycles. The molecule has 0 spiro atoms. The molecule has 2 amide bonds. The maximum atomic E-state index is 13.5. The fraction of sp³-hybridized carbons (Fsp3) is 0.462. The molecule has 0 saturated carbocycles. The van der Waals surface area contributed by atoms with Crippen molar-refractivity contribution in [1.82, 2.24) is 10.4 Å². The maximum absolute atomic E-state index is 13.5. The summed E-state index contributed by atoms with van der Waals surface area (Å²) in [5.74, 6) is -0.268. The lowest BCUT2D eigenvalue weighted by molar-refractivity contribution is -0.151. The zero-order valence-corrected chi connectivity index (χ0v) is 18.8. The van der Waals surface area contributed by atoms with Gasteiger partial charge in [0.1, 0.15) is 0 Å². The van der Waals surface area contributed by atoms with Crippen molar-refractivity contribution in [3.63, 3.8) is 0 Å². The number of carbonyl (C=O) groups is 2. The van der Waals surface area contributed by atoms with Gasteiger partial charge in [-0.3, -0.25) is 14.4 Å². The van der Waals surface area contributed by atoms with Gasteiger partial charge in [0.15, 0.2) is 0 Å². The number of hydrogen-bond acceptors (Lipinski definition) is 3. The Kier molecular flexibility index (Phi) is 7.85. The van der Waals surface area contributed by atoms with Crippen LogP contribution in [0, 0.1) is 17.3 Å². The van der Waals surface area contributed by atoms with Gasteiger partial charge in [-0.1, -0.05) is 81.4 Å². The average molecular weight is 423 g/mol. The largest absolute Gasteiger partial charge is 0.342 e. The van der Waals surface area contributed by atoms with Gasteiger partial charge in [-0.15, -0.1) is 0 Å². The second-order valence-electron chi connectivity index (χ2n) is 8.99. The molecule has 2 atom stereocenters. The second kappa shape index (κ2) is 10.6. The number of nitrogens with zero attached hydrogens (tertiary/aromatic N) is 1. The molecular formula is C26H34N2O3. The third kappa shape index (κ3) is 5.73. The van der Waals surface area contributed by atoms with E-state index in [9.17, 15) is 9.59 Å². The van der Waals surface area contributed by atoms with Crippen LogP contribution < -0.4 is 5.48 Å². The van der Waals surface area contributed by atoms with Gasteiger partial charge in [-0.05, 0) is 36.3 Å². The summed E-state index contributed by atoms with van der Waals surface area (Å²) in [5.41, 5.74) is 4.12. The van der Waals surface area contributed by atoms with Crippen molar-refractivity contribution in [2.75, 3.05) is 13.1 Å². The van der Waals surface area contributed by atoms with Crippen molar-refractivity contribution < 1.29 is 14.4 Å². The van der Waals surface area contributed by atoms with Gasteiger partial charge in [0.25, 0.3) is 0 Å². The van der Waals surface area contributed by atoms with E-state index in [1.54, 1.807) is 0 Å². The van der Waals surface area contributed by atoms with Gasteiger partial charge >= 0.3 is 0 Å². The third-order valence-electron chi connectivity index (χ3n) is 6.30. The molecule has 166 valence electrons. The predicted molar refractivity (Wildman–Crippen MR) is 122 cm³/mol. The first kappa shape index (κ1) is 23.0. The molecular weight excluding hydrogens is 388 g/mol. The summed E-state index contributed by atoms with van der Waals surface area (Å²) in [5, 5.41) is 0. The van der Waals surface area contributed by atoms with E-state index < -0.39 is 11.3 Å². The molecule has 1 heterocycles. The SMILES string of the molecule is CC(C)CC1(C(C)C(=O)NOCc2ccccc2)CCN(CCc2ccccc2)C1=O. The van der Waals surface area contributed by atoms with Gasteiger partial charge in [-0.25, -0.2) is 5.48 Å². The number of amides is 2. The summed E-state index contributed by atoms with van der Waals surface area (Å²) in [6.45, 7) is 7.76. The van der Waals surface area contributed by atoms with Crippen molar-refractivity contribution in [2.24, 2.45) is 17.3 Å². The van der Waals surface area contributed by atoms with E-state index in [1.807, 2.05) is 60.4 Å². The molecule has 0 aromatic heterocycles. The minimum absolute atomic E-state index is 0.0999. The molecule has 1 aliphatic rings. The highest BCUT2D eigenvalue weighted by Gasteiger charge is 2.52. The van der Waals surface area contributed by atoms with Crippen molar-refractivity contribution in [2.45, 2.75) is 46.6 Å². The Labute approximate surface area is 185 Å². The predicted octanol–water partition coefficient (Wildman–Crippen LogP) is 4.38. The fourth-order valence-corrected chi connectivity index (χ4v) is 4.58. The number of carbonyl (C=O) groups excluding carboxylic acids is 2. The molecule has 1 saturated heterocycles. The summed E-state index contributed by atoms with van der Waals surface area (Å²) in [6, 6.07) is 19.9. The minimum Gasteiger partial charge on any atom is -0.342 e. The molecule has 0 bridgehead atoms. The lowest BCUT2D eigenvalue weighted by Crippen LogP contribution is -2.46. The summed E-state index contributed by atoms with van der Waals surface area (Å²) in [7, 11) is 0. The first-order chi connectivity index (χ1) is 14.9. The van der Waals surface area contributed by atoms with E-state index in [2.05, 4.69) is 31.5 Å². The zero-order valence-electron chi connectivity index (χ0n) is 18.8. The Balaban J connectivity index is 1.63. The van der Waals surface area contributed by atoms with E-state index in [0.29, 0.717) is 38.5 Å². The average Bonchev–Trinajstić information content (AvgIpc) is 3.08. The van der Waals surface area contributed by atoms with Crippen LogP contribution in [-0.2, 0) is 27.5 Å². The zero-order chi connectivity index (χ0) is 22.3. The van der Waals surface area contributed by atoms with Crippen LogP contribution in [0.1, 0.15) is 44.7 Å². The van der Waals surface area contributed by atoms with Crippen LogP contribution in [0.3, 0.4) is 0 Å². The Morgan fingerprint density at radius 2 is 1.65 bits per heavy atom. The third-order valence-corrected chi connectivity index (χ3v) is 6.30. The van der Waals surface area contributed by atoms with Gasteiger partial charge < -0.3 is 4.90 Å². The molecule has 1 N–H and O–H groups in total. The summed E-state index contributed by atoms with van der Waals surface area (Å²) >= 11 is 0. The molecule has 2 aromatic carbocycles. The molecule has 5 heteroatoms. The van der Waals surface area contributed by atoms with Gasteiger partial charge in [0.2, 0.25) is 11.8 Å². The van der Waals surface area contributed by atoms with Crippen LogP contribution in [0.5, 0.6) is 0 Å². The smallest absolute Gasteiger partial charge is 0.247 e. The number of benzene rings is 2. The van der Waals surface area contributed by atoms with Crippen LogP contribution in [0.2, 0.25) is 0 Å². The highest BCUT2D eigenvalue weighted by atomic mass is 16.6. The standard InChI is InChI=1S/C26H34N2O3/c1-20(2)18-26(21(3)24(29)27-31-19-23-12-8-5-9-13-23)15-17-28(25(26)30)16-14-22-10-6-4-7-11-22/h4-13,20-21H,14-19H2,1-3H3,(H,27,29). The Hall–Kier alpha value is -2.66. The number of hydrogen-bond donors (Lipinski definition) is 1. The topological polar surface area (TPSA) is 58.6 Å². The molecule has 31 heavy (non-hydrogen) atoms. The van der Waals surface area contributed by atoms with E-state index in [0.717, 1.165) is 12.0 Å². The summed E-state index contributed by atoms with van der Waals surface area (Å²) in [4.78, 5) is 33.9. The molecule has 2 aromatic rings. The van der Waals surface area contributed by atoms with E-state index >= 15 is 0 Å².